The Balaban J connectivity index is 2.24. The molecule has 0 atom stereocenters. The smallest absolute Gasteiger partial charge is 0.244 e. The summed E-state index contributed by atoms with van der Waals surface area (Å²) in [6.07, 6.45) is 0. The van der Waals surface area contributed by atoms with Crippen LogP contribution in [0.5, 0.6) is 11.5 Å². The van der Waals surface area contributed by atoms with Gasteiger partial charge in [-0.25, -0.2) is 18.1 Å². The van der Waals surface area contributed by atoms with Crippen LogP contribution >= 0.6 is 11.3 Å². The Labute approximate surface area is 121 Å². The first-order chi connectivity index (χ1) is 9.56. The number of sulfonamides is 1. The van der Waals surface area contributed by atoms with Gasteiger partial charge >= 0.3 is 0 Å². The number of hydrogen-bond donors (Lipinski definition) is 1. The molecule has 0 saturated heterocycles. The Hall–Kier alpha value is -1.64. The second kappa shape index (κ2) is 6.21. The van der Waals surface area contributed by atoms with Crippen molar-refractivity contribution in [2.24, 2.45) is 0 Å². The average Bonchev–Trinajstić information content (AvgIpc) is 2.97. The first-order valence-corrected chi connectivity index (χ1v) is 8.08. The fourth-order valence-corrected chi connectivity index (χ4v) is 3.27. The van der Waals surface area contributed by atoms with Crippen molar-refractivity contribution in [1.82, 2.24) is 9.71 Å². The van der Waals surface area contributed by atoms with Crippen LogP contribution in [0, 0.1) is 0 Å². The SMILES string of the molecule is COc1ccc(S(=O)(=O)NCc2cscn2)c(OC)c1. The number of nitrogens with zero attached hydrogens (tertiary/aromatic N) is 1. The summed E-state index contributed by atoms with van der Waals surface area (Å²) in [4.78, 5) is 4.09. The van der Waals surface area contributed by atoms with Gasteiger partial charge < -0.3 is 9.47 Å². The molecule has 0 aliphatic rings. The van der Waals surface area contributed by atoms with Gasteiger partial charge in [-0.1, -0.05) is 0 Å². The lowest BCUT2D eigenvalue weighted by Crippen LogP contribution is -2.23. The highest BCUT2D eigenvalue weighted by Gasteiger charge is 2.20. The van der Waals surface area contributed by atoms with E-state index >= 15 is 0 Å². The molecule has 0 fully saturated rings. The van der Waals surface area contributed by atoms with Gasteiger partial charge in [0.15, 0.2) is 0 Å². The molecule has 20 heavy (non-hydrogen) atoms. The van der Waals surface area contributed by atoms with Gasteiger partial charge in [-0.15, -0.1) is 11.3 Å². The molecular formula is C12H14N2O4S2. The Kier molecular flexibility index (Phi) is 4.58. The number of rotatable bonds is 6. The lowest BCUT2D eigenvalue weighted by molar-refractivity contribution is 0.386. The lowest BCUT2D eigenvalue weighted by atomic mass is 10.3. The van der Waals surface area contributed by atoms with Crippen LogP contribution in [0.1, 0.15) is 5.69 Å². The van der Waals surface area contributed by atoms with Crippen molar-refractivity contribution in [3.05, 3.63) is 34.8 Å². The van der Waals surface area contributed by atoms with Gasteiger partial charge in [-0.05, 0) is 12.1 Å². The third-order valence-corrected chi connectivity index (χ3v) is 4.66. The number of benzene rings is 1. The number of hydrogen-bond acceptors (Lipinski definition) is 6. The molecule has 1 N–H and O–H groups in total. The van der Waals surface area contributed by atoms with Crippen molar-refractivity contribution in [3.8, 4) is 11.5 Å². The van der Waals surface area contributed by atoms with Gasteiger partial charge in [0.25, 0.3) is 0 Å². The topological polar surface area (TPSA) is 77.5 Å². The maximum Gasteiger partial charge on any atom is 0.244 e. The van der Waals surface area contributed by atoms with E-state index < -0.39 is 10.0 Å². The maximum absolute atomic E-state index is 12.3. The zero-order valence-electron chi connectivity index (χ0n) is 11.0. The molecule has 8 heteroatoms. The molecule has 0 aliphatic carbocycles. The van der Waals surface area contributed by atoms with Gasteiger partial charge in [0.2, 0.25) is 10.0 Å². The summed E-state index contributed by atoms with van der Waals surface area (Å²) in [6, 6.07) is 4.54. The Morgan fingerprint density at radius 1 is 1.30 bits per heavy atom. The van der Waals surface area contributed by atoms with Crippen molar-refractivity contribution in [2.45, 2.75) is 11.4 Å². The number of thiazole rings is 1. The zero-order valence-corrected chi connectivity index (χ0v) is 12.6. The highest BCUT2D eigenvalue weighted by atomic mass is 32.2. The van der Waals surface area contributed by atoms with E-state index in [2.05, 4.69) is 9.71 Å². The van der Waals surface area contributed by atoms with E-state index in [4.69, 9.17) is 9.47 Å². The predicted molar refractivity (Wildman–Crippen MR) is 75.7 cm³/mol. The van der Waals surface area contributed by atoms with E-state index in [9.17, 15) is 8.42 Å². The Morgan fingerprint density at radius 3 is 2.70 bits per heavy atom. The molecule has 0 saturated carbocycles. The molecule has 1 aromatic heterocycles. The summed E-state index contributed by atoms with van der Waals surface area (Å²) in [5, 5.41) is 1.79. The number of aromatic nitrogens is 1. The summed E-state index contributed by atoms with van der Waals surface area (Å²) in [5.41, 5.74) is 2.32. The molecule has 1 heterocycles. The molecule has 2 rings (SSSR count). The number of ether oxygens (including phenoxy) is 2. The standard InChI is InChI=1S/C12H14N2O4S2/c1-17-10-3-4-12(11(5-10)18-2)20(15,16)14-6-9-7-19-8-13-9/h3-5,7-8,14H,6H2,1-2H3. The second-order valence-corrected chi connectivity index (χ2v) is 6.28. The second-order valence-electron chi connectivity index (χ2n) is 3.82. The van der Waals surface area contributed by atoms with Crippen molar-refractivity contribution in [1.29, 1.82) is 0 Å². The van der Waals surface area contributed by atoms with Crippen molar-refractivity contribution in [2.75, 3.05) is 14.2 Å². The van der Waals surface area contributed by atoms with Crippen LogP contribution in [0.15, 0.2) is 34.0 Å². The van der Waals surface area contributed by atoms with Gasteiger partial charge in [-0.3, -0.25) is 0 Å². The Morgan fingerprint density at radius 2 is 2.10 bits per heavy atom. The fourth-order valence-electron chi connectivity index (χ4n) is 1.57. The summed E-state index contributed by atoms with van der Waals surface area (Å²) in [5.74, 6) is 0.760. The first kappa shape index (κ1) is 14.8. The molecule has 0 unspecified atom stereocenters. The van der Waals surface area contributed by atoms with Crippen LogP contribution in [-0.2, 0) is 16.6 Å². The number of nitrogens with one attached hydrogen (secondary N) is 1. The molecule has 0 bridgehead atoms. The number of methoxy groups -OCH3 is 2. The van der Waals surface area contributed by atoms with Gasteiger partial charge in [0.05, 0.1) is 32.0 Å². The highest BCUT2D eigenvalue weighted by Crippen LogP contribution is 2.28. The summed E-state index contributed by atoms with van der Waals surface area (Å²) in [6.45, 7) is 0.140. The minimum Gasteiger partial charge on any atom is -0.497 e. The normalized spacial score (nSPS) is 11.3. The molecule has 0 spiro atoms. The summed E-state index contributed by atoms with van der Waals surface area (Å²) in [7, 11) is -0.756. The van der Waals surface area contributed by atoms with E-state index in [1.807, 2.05) is 0 Å². The van der Waals surface area contributed by atoms with E-state index in [0.29, 0.717) is 11.4 Å². The maximum atomic E-state index is 12.3. The molecular weight excluding hydrogens is 300 g/mol. The molecule has 0 aliphatic heterocycles. The van der Waals surface area contributed by atoms with E-state index in [0.717, 1.165) is 0 Å². The van der Waals surface area contributed by atoms with E-state index in [-0.39, 0.29) is 17.2 Å². The van der Waals surface area contributed by atoms with Crippen LogP contribution < -0.4 is 14.2 Å². The van der Waals surface area contributed by atoms with Crippen molar-refractivity contribution < 1.29 is 17.9 Å². The monoisotopic (exact) mass is 314 g/mol. The van der Waals surface area contributed by atoms with Gasteiger partial charge in [0, 0.05) is 11.4 Å². The largest absolute Gasteiger partial charge is 0.497 e. The molecule has 0 amide bonds. The third-order valence-electron chi connectivity index (χ3n) is 2.59. The third kappa shape index (κ3) is 3.27. The van der Waals surface area contributed by atoms with Gasteiger partial charge in [-0.2, -0.15) is 0 Å². The van der Waals surface area contributed by atoms with Crippen LogP contribution in [0.2, 0.25) is 0 Å². The highest BCUT2D eigenvalue weighted by molar-refractivity contribution is 7.89. The van der Waals surface area contributed by atoms with Crippen LogP contribution in [0.3, 0.4) is 0 Å². The predicted octanol–water partition coefficient (Wildman–Crippen LogP) is 1.64. The summed E-state index contributed by atoms with van der Waals surface area (Å²) < 4.78 is 37.1. The Bertz CT molecular complexity index is 669. The zero-order chi connectivity index (χ0) is 14.6. The molecule has 108 valence electrons. The fraction of sp³-hybridized carbons (Fsp3) is 0.250. The quantitative estimate of drug-likeness (QED) is 0.877. The van der Waals surface area contributed by atoms with Crippen LogP contribution in [0.4, 0.5) is 0 Å². The average molecular weight is 314 g/mol. The minimum absolute atomic E-state index is 0.0658. The van der Waals surface area contributed by atoms with Crippen molar-refractivity contribution in [3.63, 3.8) is 0 Å². The van der Waals surface area contributed by atoms with Crippen LogP contribution in [0.25, 0.3) is 0 Å². The molecule has 2 aromatic rings. The van der Waals surface area contributed by atoms with E-state index in [1.54, 1.807) is 17.0 Å². The minimum atomic E-state index is -3.67. The molecule has 1 aromatic carbocycles. The molecule has 6 nitrogen and oxygen atoms in total. The lowest BCUT2D eigenvalue weighted by Gasteiger charge is -2.11. The first-order valence-electron chi connectivity index (χ1n) is 5.65. The van der Waals surface area contributed by atoms with Gasteiger partial charge in [0.1, 0.15) is 16.4 Å². The summed E-state index contributed by atoms with van der Waals surface area (Å²) >= 11 is 1.41. The molecule has 0 radical (unpaired) electrons. The van der Waals surface area contributed by atoms with Crippen molar-refractivity contribution >= 4 is 21.4 Å². The van der Waals surface area contributed by atoms with E-state index in [1.165, 1.54) is 37.7 Å². The van der Waals surface area contributed by atoms with Crippen LogP contribution in [-0.4, -0.2) is 27.6 Å².